The van der Waals surface area contributed by atoms with Crippen molar-refractivity contribution in [1.29, 1.82) is 0 Å². The van der Waals surface area contributed by atoms with Crippen molar-refractivity contribution in [3.63, 3.8) is 0 Å². The summed E-state index contributed by atoms with van der Waals surface area (Å²) in [6.45, 7) is 0. The van der Waals surface area contributed by atoms with E-state index in [2.05, 4.69) is 102 Å². The molecule has 0 aliphatic rings. The van der Waals surface area contributed by atoms with Gasteiger partial charge in [0.05, 0.1) is 0 Å². The average molecular weight is 476 g/mol. The molecule has 3 nitrogen and oxygen atoms in total. The summed E-state index contributed by atoms with van der Waals surface area (Å²) in [5.41, 5.74) is 6.85. The zero-order valence-electron chi connectivity index (χ0n) is 19.9. The Hall–Kier alpha value is -5.02. The van der Waals surface area contributed by atoms with E-state index in [4.69, 9.17) is 8.83 Å². The molecule has 0 aliphatic carbocycles. The minimum atomic E-state index is 0.889. The Morgan fingerprint density at radius 2 is 0.973 bits per heavy atom. The van der Waals surface area contributed by atoms with Crippen LogP contribution in [0.2, 0.25) is 0 Å². The molecule has 3 heteroatoms. The monoisotopic (exact) mass is 475 g/mol. The molecule has 2 heterocycles. The van der Waals surface area contributed by atoms with Gasteiger partial charge in [-0.3, -0.25) is 0 Å². The van der Waals surface area contributed by atoms with E-state index in [0.29, 0.717) is 0 Å². The van der Waals surface area contributed by atoms with Crippen molar-refractivity contribution in [2.75, 3.05) is 4.90 Å². The number of para-hydroxylation sites is 3. The van der Waals surface area contributed by atoms with Gasteiger partial charge < -0.3 is 13.7 Å². The van der Waals surface area contributed by atoms with Crippen LogP contribution in [-0.2, 0) is 0 Å². The fourth-order valence-electron chi connectivity index (χ4n) is 5.51. The first kappa shape index (κ1) is 20.2. The van der Waals surface area contributed by atoms with Gasteiger partial charge in [0.2, 0.25) is 0 Å². The summed E-state index contributed by atoms with van der Waals surface area (Å²) in [5, 5.41) is 6.76. The largest absolute Gasteiger partial charge is 0.456 e. The number of nitrogens with zero attached hydrogens (tertiary/aromatic N) is 1. The summed E-state index contributed by atoms with van der Waals surface area (Å²) < 4.78 is 12.5. The molecule has 0 radical (unpaired) electrons. The number of anilines is 3. The highest BCUT2D eigenvalue weighted by atomic mass is 16.3. The van der Waals surface area contributed by atoms with Crippen molar-refractivity contribution in [2.24, 2.45) is 0 Å². The van der Waals surface area contributed by atoms with Crippen LogP contribution in [0.5, 0.6) is 0 Å². The molecule has 174 valence electrons. The summed E-state index contributed by atoms with van der Waals surface area (Å²) >= 11 is 0. The predicted molar refractivity (Wildman–Crippen MR) is 153 cm³/mol. The van der Waals surface area contributed by atoms with Gasteiger partial charge in [-0.25, -0.2) is 0 Å². The Bertz CT molecular complexity index is 2100. The lowest BCUT2D eigenvalue weighted by molar-refractivity contribution is 0.669. The third-order valence-corrected chi connectivity index (χ3v) is 7.24. The van der Waals surface area contributed by atoms with Crippen LogP contribution >= 0.6 is 0 Å². The van der Waals surface area contributed by atoms with Crippen LogP contribution in [0.1, 0.15) is 0 Å². The quantitative estimate of drug-likeness (QED) is 0.255. The Labute approximate surface area is 212 Å². The van der Waals surface area contributed by atoms with Crippen molar-refractivity contribution in [2.45, 2.75) is 0 Å². The van der Waals surface area contributed by atoms with Gasteiger partial charge in [-0.15, -0.1) is 0 Å². The fourth-order valence-corrected chi connectivity index (χ4v) is 5.51. The molecule has 0 bridgehead atoms. The van der Waals surface area contributed by atoms with Gasteiger partial charge in [-0.2, -0.15) is 0 Å². The second-order valence-corrected chi connectivity index (χ2v) is 9.40. The molecule has 0 unspecified atom stereocenters. The highest BCUT2D eigenvalue weighted by Crippen LogP contribution is 2.41. The summed E-state index contributed by atoms with van der Waals surface area (Å²) in [7, 11) is 0. The van der Waals surface area contributed by atoms with Crippen LogP contribution in [0.15, 0.2) is 136 Å². The summed E-state index contributed by atoms with van der Waals surface area (Å²) in [4.78, 5) is 2.29. The van der Waals surface area contributed by atoms with Crippen LogP contribution in [0, 0.1) is 0 Å². The topological polar surface area (TPSA) is 29.5 Å². The van der Waals surface area contributed by atoms with Crippen molar-refractivity contribution in [1.82, 2.24) is 0 Å². The van der Waals surface area contributed by atoms with E-state index in [0.717, 1.165) is 71.7 Å². The standard InChI is InChI=1S/C34H21NO2/c1-2-8-23(9-3-1)35(25-17-19-33-30(21-25)27-11-5-6-12-31(27)36-33)24-16-14-22-15-18-28-26-10-4-7-13-32(26)37-34(28)29(22)20-24/h1-21H. The number of fused-ring (bicyclic) bond motifs is 8. The van der Waals surface area contributed by atoms with Gasteiger partial charge in [0.25, 0.3) is 0 Å². The van der Waals surface area contributed by atoms with Crippen LogP contribution in [0.3, 0.4) is 0 Å². The maximum atomic E-state index is 6.38. The van der Waals surface area contributed by atoms with Crippen molar-refractivity contribution >= 4 is 71.7 Å². The summed E-state index contributed by atoms with van der Waals surface area (Å²) in [5.74, 6) is 0. The molecule has 2 aromatic heterocycles. The minimum Gasteiger partial charge on any atom is -0.456 e. The Kier molecular flexibility index (Phi) is 4.23. The van der Waals surface area contributed by atoms with Crippen molar-refractivity contribution < 1.29 is 8.83 Å². The van der Waals surface area contributed by atoms with Crippen LogP contribution in [0.4, 0.5) is 17.1 Å². The van der Waals surface area contributed by atoms with E-state index in [1.54, 1.807) is 0 Å². The molecule has 0 N–H and O–H groups in total. The summed E-state index contributed by atoms with van der Waals surface area (Å²) in [6.07, 6.45) is 0. The lowest BCUT2D eigenvalue weighted by atomic mass is 10.0. The average Bonchev–Trinajstić information content (AvgIpc) is 3.52. The first-order chi connectivity index (χ1) is 18.3. The number of furan rings is 2. The normalized spacial score (nSPS) is 11.8. The number of benzene rings is 6. The first-order valence-corrected chi connectivity index (χ1v) is 12.4. The molecule has 0 saturated carbocycles. The van der Waals surface area contributed by atoms with Crippen LogP contribution in [-0.4, -0.2) is 0 Å². The Morgan fingerprint density at radius 1 is 0.378 bits per heavy atom. The van der Waals surface area contributed by atoms with E-state index in [1.807, 2.05) is 30.3 Å². The third-order valence-electron chi connectivity index (χ3n) is 7.24. The smallest absolute Gasteiger partial charge is 0.143 e. The molecule has 37 heavy (non-hydrogen) atoms. The molecule has 0 atom stereocenters. The number of hydrogen-bond donors (Lipinski definition) is 0. The molecular weight excluding hydrogens is 454 g/mol. The highest BCUT2D eigenvalue weighted by molar-refractivity contribution is 6.15. The Balaban J connectivity index is 1.39. The van der Waals surface area contributed by atoms with E-state index in [-0.39, 0.29) is 0 Å². The van der Waals surface area contributed by atoms with Gasteiger partial charge in [-0.1, -0.05) is 66.7 Å². The third kappa shape index (κ3) is 3.08. The molecule has 0 saturated heterocycles. The molecule has 0 aliphatic heterocycles. The lowest BCUT2D eigenvalue weighted by Crippen LogP contribution is -2.09. The second kappa shape index (κ2) is 7.74. The van der Waals surface area contributed by atoms with Gasteiger partial charge in [-0.05, 0) is 66.0 Å². The van der Waals surface area contributed by atoms with Crippen LogP contribution < -0.4 is 4.90 Å². The van der Waals surface area contributed by atoms with Gasteiger partial charge in [0.15, 0.2) is 0 Å². The number of rotatable bonds is 3. The van der Waals surface area contributed by atoms with E-state index < -0.39 is 0 Å². The van der Waals surface area contributed by atoms with Crippen molar-refractivity contribution in [3.8, 4) is 0 Å². The fraction of sp³-hybridized carbons (Fsp3) is 0. The molecule has 8 rings (SSSR count). The summed E-state index contributed by atoms with van der Waals surface area (Å²) in [6, 6.07) is 44.3. The number of hydrogen-bond acceptors (Lipinski definition) is 3. The SMILES string of the molecule is c1ccc(N(c2ccc3oc4ccccc4c3c2)c2ccc3ccc4c5ccccc5oc4c3c2)cc1. The molecule has 8 aromatic rings. The maximum Gasteiger partial charge on any atom is 0.143 e. The molecular formula is C34H21NO2. The van der Waals surface area contributed by atoms with Crippen LogP contribution in [0.25, 0.3) is 54.6 Å². The minimum absolute atomic E-state index is 0.889. The first-order valence-electron chi connectivity index (χ1n) is 12.4. The molecule has 0 amide bonds. The van der Waals surface area contributed by atoms with E-state index in [9.17, 15) is 0 Å². The predicted octanol–water partition coefficient (Wildman–Crippen LogP) is 10.1. The highest BCUT2D eigenvalue weighted by Gasteiger charge is 2.17. The molecule has 0 fully saturated rings. The van der Waals surface area contributed by atoms with Crippen molar-refractivity contribution in [3.05, 3.63) is 127 Å². The zero-order chi connectivity index (χ0) is 24.3. The van der Waals surface area contributed by atoms with E-state index in [1.165, 1.54) is 0 Å². The zero-order valence-corrected chi connectivity index (χ0v) is 19.9. The van der Waals surface area contributed by atoms with Gasteiger partial charge >= 0.3 is 0 Å². The van der Waals surface area contributed by atoms with Gasteiger partial charge in [0, 0.05) is 44.0 Å². The molecule has 6 aromatic carbocycles. The molecule has 0 spiro atoms. The Morgan fingerprint density at radius 3 is 1.78 bits per heavy atom. The lowest BCUT2D eigenvalue weighted by Gasteiger charge is -2.26. The van der Waals surface area contributed by atoms with E-state index >= 15 is 0 Å². The van der Waals surface area contributed by atoms with Gasteiger partial charge in [0.1, 0.15) is 22.3 Å². The second-order valence-electron chi connectivity index (χ2n) is 9.40. The maximum absolute atomic E-state index is 6.38.